The van der Waals surface area contributed by atoms with Crippen LogP contribution >= 0.6 is 0 Å². The van der Waals surface area contributed by atoms with Gasteiger partial charge in [-0.2, -0.15) is 0 Å². The van der Waals surface area contributed by atoms with Crippen molar-refractivity contribution in [2.75, 3.05) is 44.9 Å². The summed E-state index contributed by atoms with van der Waals surface area (Å²) in [5.41, 5.74) is 0.749. The summed E-state index contributed by atoms with van der Waals surface area (Å²) < 4.78 is 16.3. The first-order chi connectivity index (χ1) is 13.1. The maximum Gasteiger partial charge on any atom is 0.343 e. The Morgan fingerprint density at radius 3 is 2.74 bits per heavy atom. The number of benzene rings is 1. The standard InChI is InChI=1S/C19H23N3O5/c1-12-10-26-11-14-9-21(7-8-22(12)14)18-16(19(23)24)17(27-20-18)13-3-5-15(25-2)6-4-13/h3-6,12,14H,7-11H2,1-2H3,(H,23,24)/t12-,14+/m0/s1. The van der Waals surface area contributed by atoms with Crippen LogP contribution in [-0.2, 0) is 4.74 Å². The number of methoxy groups -OCH3 is 1. The van der Waals surface area contributed by atoms with Gasteiger partial charge in [-0.3, -0.25) is 4.90 Å². The number of aromatic carboxylic acids is 1. The zero-order chi connectivity index (χ0) is 19.0. The number of carboxylic acids is 1. The number of piperazine rings is 1. The third-order valence-corrected chi connectivity index (χ3v) is 5.30. The summed E-state index contributed by atoms with van der Waals surface area (Å²) in [5, 5.41) is 13.9. The molecule has 4 rings (SSSR count). The maximum absolute atomic E-state index is 12.0. The molecule has 2 atom stereocenters. The molecule has 2 fully saturated rings. The van der Waals surface area contributed by atoms with Gasteiger partial charge in [-0.25, -0.2) is 4.79 Å². The van der Waals surface area contributed by atoms with Gasteiger partial charge in [0.2, 0.25) is 0 Å². The van der Waals surface area contributed by atoms with E-state index >= 15 is 0 Å². The molecule has 8 heteroatoms. The third kappa shape index (κ3) is 3.26. The van der Waals surface area contributed by atoms with Crippen molar-refractivity contribution in [1.29, 1.82) is 0 Å². The normalized spacial score (nSPS) is 23.1. The molecule has 2 saturated heterocycles. The Hall–Kier alpha value is -2.58. The van der Waals surface area contributed by atoms with Crippen molar-refractivity contribution >= 4 is 11.8 Å². The fourth-order valence-corrected chi connectivity index (χ4v) is 3.89. The van der Waals surface area contributed by atoms with Crippen LogP contribution in [0.3, 0.4) is 0 Å². The van der Waals surface area contributed by atoms with Crippen molar-refractivity contribution in [2.24, 2.45) is 0 Å². The second-order valence-corrected chi connectivity index (χ2v) is 6.97. The molecule has 0 spiro atoms. The van der Waals surface area contributed by atoms with E-state index in [9.17, 15) is 9.90 Å². The molecule has 1 N–H and O–H groups in total. The molecule has 3 heterocycles. The predicted molar refractivity (Wildman–Crippen MR) is 98.4 cm³/mol. The number of aromatic nitrogens is 1. The SMILES string of the molecule is COc1ccc(-c2onc(N3CCN4[C@@H](COC[C@@H]4C)C3)c2C(=O)O)cc1. The highest BCUT2D eigenvalue weighted by Crippen LogP contribution is 2.33. The minimum Gasteiger partial charge on any atom is -0.497 e. The van der Waals surface area contributed by atoms with Crippen molar-refractivity contribution in [1.82, 2.24) is 10.1 Å². The van der Waals surface area contributed by atoms with E-state index in [4.69, 9.17) is 14.0 Å². The highest BCUT2D eigenvalue weighted by atomic mass is 16.5. The number of carboxylic acid groups (broad SMARTS) is 1. The van der Waals surface area contributed by atoms with Gasteiger partial charge in [-0.05, 0) is 31.2 Å². The fourth-order valence-electron chi connectivity index (χ4n) is 3.89. The number of ether oxygens (including phenoxy) is 2. The average molecular weight is 373 g/mol. The Labute approximate surface area is 157 Å². The highest BCUT2D eigenvalue weighted by molar-refractivity contribution is 5.99. The Balaban J connectivity index is 1.63. The van der Waals surface area contributed by atoms with Crippen LogP contribution in [-0.4, -0.2) is 73.2 Å². The minimum atomic E-state index is -1.05. The maximum atomic E-state index is 12.0. The van der Waals surface area contributed by atoms with Crippen LogP contribution in [0.5, 0.6) is 5.75 Å². The lowest BCUT2D eigenvalue weighted by Gasteiger charge is -2.47. The quantitative estimate of drug-likeness (QED) is 0.870. The van der Waals surface area contributed by atoms with Crippen molar-refractivity contribution in [3.05, 3.63) is 29.8 Å². The number of anilines is 1. The lowest BCUT2D eigenvalue weighted by atomic mass is 10.1. The van der Waals surface area contributed by atoms with E-state index < -0.39 is 5.97 Å². The molecule has 1 aromatic carbocycles. The third-order valence-electron chi connectivity index (χ3n) is 5.30. The van der Waals surface area contributed by atoms with Crippen molar-refractivity contribution < 1.29 is 23.9 Å². The van der Waals surface area contributed by atoms with E-state index in [-0.39, 0.29) is 17.4 Å². The van der Waals surface area contributed by atoms with E-state index in [0.717, 1.165) is 13.2 Å². The topological polar surface area (TPSA) is 88.3 Å². The van der Waals surface area contributed by atoms with E-state index in [2.05, 4.69) is 17.0 Å². The van der Waals surface area contributed by atoms with E-state index in [0.29, 0.717) is 42.9 Å². The summed E-state index contributed by atoms with van der Waals surface area (Å²) in [6, 6.07) is 7.67. The summed E-state index contributed by atoms with van der Waals surface area (Å²) in [4.78, 5) is 16.4. The molecular weight excluding hydrogens is 350 g/mol. The van der Waals surface area contributed by atoms with Gasteiger partial charge in [-0.1, -0.05) is 5.16 Å². The molecule has 1 aromatic heterocycles. The molecule has 2 aliphatic heterocycles. The summed E-state index contributed by atoms with van der Waals surface area (Å²) >= 11 is 0. The molecule has 0 unspecified atom stereocenters. The summed E-state index contributed by atoms with van der Waals surface area (Å²) in [6.45, 7) is 5.76. The predicted octanol–water partition coefficient (Wildman–Crippen LogP) is 1.96. The molecule has 0 radical (unpaired) electrons. The second-order valence-electron chi connectivity index (χ2n) is 6.97. The molecule has 0 saturated carbocycles. The molecule has 0 amide bonds. The smallest absolute Gasteiger partial charge is 0.343 e. The number of morpholine rings is 1. The largest absolute Gasteiger partial charge is 0.497 e. The number of carbonyl (C=O) groups is 1. The Bertz CT molecular complexity index is 819. The van der Waals surface area contributed by atoms with Gasteiger partial charge in [-0.15, -0.1) is 0 Å². The van der Waals surface area contributed by atoms with Crippen LogP contribution in [0.25, 0.3) is 11.3 Å². The lowest BCUT2D eigenvalue weighted by Crippen LogP contribution is -2.61. The Morgan fingerprint density at radius 2 is 2.04 bits per heavy atom. The van der Waals surface area contributed by atoms with Crippen LogP contribution in [0.4, 0.5) is 5.82 Å². The van der Waals surface area contributed by atoms with Gasteiger partial charge in [0.25, 0.3) is 0 Å². The van der Waals surface area contributed by atoms with Gasteiger partial charge in [0.15, 0.2) is 17.1 Å². The molecule has 0 aliphatic carbocycles. The Kier molecular flexibility index (Phi) is 4.75. The average Bonchev–Trinajstić information content (AvgIpc) is 3.13. The second kappa shape index (κ2) is 7.21. The van der Waals surface area contributed by atoms with Gasteiger partial charge >= 0.3 is 5.97 Å². The molecule has 2 aromatic rings. The monoisotopic (exact) mass is 373 g/mol. The van der Waals surface area contributed by atoms with Crippen LogP contribution in [0, 0.1) is 0 Å². The Morgan fingerprint density at radius 1 is 1.26 bits per heavy atom. The summed E-state index contributed by atoms with van der Waals surface area (Å²) in [7, 11) is 1.58. The number of hydrogen-bond donors (Lipinski definition) is 1. The first kappa shape index (κ1) is 17.8. The van der Waals surface area contributed by atoms with Crippen molar-refractivity contribution in [2.45, 2.75) is 19.0 Å². The van der Waals surface area contributed by atoms with Gasteiger partial charge in [0.1, 0.15) is 5.75 Å². The van der Waals surface area contributed by atoms with Gasteiger partial charge in [0.05, 0.1) is 26.4 Å². The molecule has 2 aliphatic rings. The number of fused-ring (bicyclic) bond motifs is 1. The van der Waals surface area contributed by atoms with Crippen molar-refractivity contribution in [3.63, 3.8) is 0 Å². The first-order valence-corrected chi connectivity index (χ1v) is 9.04. The lowest BCUT2D eigenvalue weighted by molar-refractivity contribution is -0.0470. The number of hydrogen-bond acceptors (Lipinski definition) is 7. The van der Waals surface area contributed by atoms with E-state index in [1.54, 1.807) is 31.4 Å². The van der Waals surface area contributed by atoms with Crippen molar-refractivity contribution in [3.8, 4) is 17.1 Å². The summed E-state index contributed by atoms with van der Waals surface area (Å²) in [5.74, 6) is 0.285. The molecule has 27 heavy (non-hydrogen) atoms. The van der Waals surface area contributed by atoms with Crippen LogP contribution in [0.15, 0.2) is 28.8 Å². The number of nitrogens with zero attached hydrogens (tertiary/aromatic N) is 3. The molecule has 8 nitrogen and oxygen atoms in total. The van der Waals surface area contributed by atoms with Crippen LogP contribution in [0.2, 0.25) is 0 Å². The molecule has 0 bridgehead atoms. The van der Waals surface area contributed by atoms with E-state index in [1.807, 2.05) is 4.90 Å². The zero-order valence-corrected chi connectivity index (χ0v) is 15.4. The minimum absolute atomic E-state index is 0.0957. The fraction of sp³-hybridized carbons (Fsp3) is 0.474. The zero-order valence-electron chi connectivity index (χ0n) is 15.4. The van der Waals surface area contributed by atoms with E-state index in [1.165, 1.54) is 0 Å². The molecular formula is C19H23N3O5. The van der Waals surface area contributed by atoms with Crippen LogP contribution in [0.1, 0.15) is 17.3 Å². The van der Waals surface area contributed by atoms with Gasteiger partial charge in [0, 0.05) is 31.2 Å². The summed E-state index contributed by atoms with van der Waals surface area (Å²) in [6.07, 6.45) is 0. The van der Waals surface area contributed by atoms with Gasteiger partial charge < -0.3 is 24.0 Å². The van der Waals surface area contributed by atoms with Crippen LogP contribution < -0.4 is 9.64 Å². The number of rotatable bonds is 4. The highest BCUT2D eigenvalue weighted by Gasteiger charge is 2.36. The first-order valence-electron chi connectivity index (χ1n) is 9.04. The molecule has 144 valence electrons.